The molecule has 0 aliphatic carbocycles. The molecule has 54 valence electrons. The van der Waals surface area contributed by atoms with Crippen molar-refractivity contribution in [2.75, 3.05) is 0 Å². The third kappa shape index (κ3) is 2.10. The van der Waals surface area contributed by atoms with Gasteiger partial charge in [0.25, 0.3) is 0 Å². The second-order valence-electron chi connectivity index (χ2n) is 2.67. The molecule has 0 aliphatic rings. The minimum Gasteiger partial charge on any atom is -0.390 e. The third-order valence-corrected chi connectivity index (χ3v) is 1.44. The van der Waals surface area contributed by atoms with Crippen molar-refractivity contribution in [2.45, 2.75) is 38.8 Å². The van der Waals surface area contributed by atoms with Gasteiger partial charge in [-0.1, -0.05) is 12.1 Å². The highest BCUT2D eigenvalue weighted by molar-refractivity contribution is 4.83. The predicted octanol–water partition coefficient (Wildman–Crippen LogP) is 1.30. The zero-order chi connectivity index (χ0) is 7.49. The Labute approximate surface area is 55.1 Å². The fourth-order valence-corrected chi connectivity index (χ4v) is 0.560. The van der Waals surface area contributed by atoms with Crippen LogP contribution in [-0.4, -0.2) is 16.7 Å². The van der Waals surface area contributed by atoms with E-state index < -0.39 is 11.6 Å². The first-order valence-electron chi connectivity index (χ1n) is 3.07. The maximum atomic E-state index is 10.0. The average molecular weight is 131 g/mol. The van der Waals surface area contributed by atoms with Crippen LogP contribution in [0.5, 0.6) is 0 Å². The summed E-state index contributed by atoms with van der Waals surface area (Å²) in [5.74, 6) is 0. The van der Waals surface area contributed by atoms with Crippen LogP contribution in [-0.2, 0) is 0 Å². The number of aliphatic hydroxyl groups is 1. The maximum absolute atomic E-state index is 10.0. The Hall–Kier alpha value is -0.440. The van der Waals surface area contributed by atoms with E-state index in [2.05, 4.69) is 5.18 Å². The van der Waals surface area contributed by atoms with Crippen molar-refractivity contribution in [2.24, 2.45) is 5.18 Å². The van der Waals surface area contributed by atoms with Crippen molar-refractivity contribution in [3.8, 4) is 0 Å². The average Bonchev–Trinajstić information content (AvgIpc) is 1.86. The topological polar surface area (TPSA) is 49.7 Å². The molecule has 0 bridgehead atoms. The van der Waals surface area contributed by atoms with Crippen molar-refractivity contribution in [3.63, 3.8) is 0 Å². The molecule has 0 radical (unpaired) electrons. The number of nitrogens with zero attached hydrogens (tertiary/aromatic N) is 1. The standard InChI is InChI=1S/C6H13NO2/c1-4-5(8)6(2,3)7-9/h5,8H,4H2,1-3H3. The van der Waals surface area contributed by atoms with Gasteiger partial charge in [-0.15, -0.1) is 0 Å². The summed E-state index contributed by atoms with van der Waals surface area (Å²) in [6.07, 6.45) is -0.0475. The SMILES string of the molecule is CCC(O)C(C)(C)N=O. The molecule has 0 heterocycles. The molecule has 0 aromatic heterocycles. The van der Waals surface area contributed by atoms with Gasteiger partial charge in [-0.3, -0.25) is 0 Å². The van der Waals surface area contributed by atoms with Crippen LogP contribution in [0, 0.1) is 4.91 Å². The van der Waals surface area contributed by atoms with Crippen molar-refractivity contribution in [1.29, 1.82) is 0 Å². The van der Waals surface area contributed by atoms with Crippen LogP contribution in [0.2, 0.25) is 0 Å². The summed E-state index contributed by atoms with van der Waals surface area (Å²) < 4.78 is 0. The lowest BCUT2D eigenvalue weighted by Crippen LogP contribution is -2.32. The number of nitroso groups, excluding NO2 is 1. The highest BCUT2D eigenvalue weighted by atomic mass is 16.3. The number of rotatable bonds is 3. The molecular weight excluding hydrogens is 118 g/mol. The van der Waals surface area contributed by atoms with Gasteiger partial charge in [0, 0.05) is 0 Å². The summed E-state index contributed by atoms with van der Waals surface area (Å²) in [4.78, 5) is 10.0. The Morgan fingerprint density at radius 1 is 1.67 bits per heavy atom. The van der Waals surface area contributed by atoms with Gasteiger partial charge < -0.3 is 5.11 Å². The maximum Gasteiger partial charge on any atom is 0.123 e. The lowest BCUT2D eigenvalue weighted by molar-refractivity contribution is 0.101. The zero-order valence-electron chi connectivity index (χ0n) is 6.09. The van der Waals surface area contributed by atoms with Gasteiger partial charge in [0.1, 0.15) is 5.54 Å². The Balaban J connectivity index is 3.95. The first-order chi connectivity index (χ1) is 4.04. The molecule has 9 heavy (non-hydrogen) atoms. The molecule has 1 atom stereocenters. The molecule has 1 N–H and O–H groups in total. The summed E-state index contributed by atoms with van der Waals surface area (Å²) in [6.45, 7) is 5.06. The molecule has 1 unspecified atom stereocenters. The second kappa shape index (κ2) is 2.92. The van der Waals surface area contributed by atoms with Crippen LogP contribution in [0.15, 0.2) is 5.18 Å². The molecule has 0 amide bonds. The monoisotopic (exact) mass is 131 g/mol. The van der Waals surface area contributed by atoms with Crippen LogP contribution in [0.1, 0.15) is 27.2 Å². The Morgan fingerprint density at radius 3 is 2.22 bits per heavy atom. The summed E-state index contributed by atoms with van der Waals surface area (Å²) in [6, 6.07) is 0. The van der Waals surface area contributed by atoms with Gasteiger partial charge in [0.05, 0.1) is 6.10 Å². The third-order valence-electron chi connectivity index (χ3n) is 1.44. The molecule has 0 rings (SSSR count). The van der Waals surface area contributed by atoms with Gasteiger partial charge in [0.2, 0.25) is 0 Å². The van der Waals surface area contributed by atoms with Crippen molar-refractivity contribution < 1.29 is 5.11 Å². The summed E-state index contributed by atoms with van der Waals surface area (Å²) in [5, 5.41) is 11.9. The van der Waals surface area contributed by atoms with Crippen LogP contribution in [0.4, 0.5) is 0 Å². The number of hydrogen-bond acceptors (Lipinski definition) is 3. The van der Waals surface area contributed by atoms with E-state index in [1.807, 2.05) is 6.92 Å². The smallest absolute Gasteiger partial charge is 0.123 e. The van der Waals surface area contributed by atoms with E-state index in [9.17, 15) is 4.91 Å². The minimum atomic E-state index is -0.825. The molecule has 0 aliphatic heterocycles. The molecule has 0 spiro atoms. The van der Waals surface area contributed by atoms with E-state index in [1.54, 1.807) is 13.8 Å². The van der Waals surface area contributed by atoms with E-state index >= 15 is 0 Å². The number of aliphatic hydroxyl groups excluding tert-OH is 1. The van der Waals surface area contributed by atoms with Gasteiger partial charge in [-0.05, 0) is 20.3 Å². The minimum absolute atomic E-state index is 0.568. The Kier molecular flexibility index (Phi) is 2.77. The molecule has 3 nitrogen and oxygen atoms in total. The first kappa shape index (κ1) is 8.56. The summed E-state index contributed by atoms with van der Waals surface area (Å²) >= 11 is 0. The predicted molar refractivity (Wildman–Crippen MR) is 36.2 cm³/mol. The van der Waals surface area contributed by atoms with E-state index in [0.717, 1.165) is 0 Å². The normalized spacial score (nSPS) is 15.1. The van der Waals surface area contributed by atoms with Crippen molar-refractivity contribution >= 4 is 0 Å². The summed E-state index contributed by atoms with van der Waals surface area (Å²) in [7, 11) is 0. The molecule has 0 saturated carbocycles. The van der Waals surface area contributed by atoms with Gasteiger partial charge >= 0.3 is 0 Å². The number of hydrogen-bond donors (Lipinski definition) is 1. The first-order valence-corrected chi connectivity index (χ1v) is 3.07. The van der Waals surface area contributed by atoms with Crippen LogP contribution in [0.25, 0.3) is 0 Å². The highest BCUT2D eigenvalue weighted by Gasteiger charge is 2.26. The highest BCUT2D eigenvalue weighted by Crippen LogP contribution is 2.15. The fraction of sp³-hybridized carbons (Fsp3) is 1.00. The Bertz CT molecular complexity index is 101. The molecule has 0 aromatic carbocycles. The fourth-order valence-electron chi connectivity index (χ4n) is 0.560. The lowest BCUT2D eigenvalue weighted by Gasteiger charge is -2.20. The largest absolute Gasteiger partial charge is 0.390 e. The second-order valence-corrected chi connectivity index (χ2v) is 2.67. The van der Waals surface area contributed by atoms with E-state index in [-0.39, 0.29) is 0 Å². The quantitative estimate of drug-likeness (QED) is 0.587. The lowest BCUT2D eigenvalue weighted by atomic mass is 9.97. The van der Waals surface area contributed by atoms with E-state index in [0.29, 0.717) is 6.42 Å². The molecular formula is C6H13NO2. The Morgan fingerprint density at radius 2 is 2.11 bits per heavy atom. The van der Waals surface area contributed by atoms with Crippen molar-refractivity contribution in [3.05, 3.63) is 4.91 Å². The van der Waals surface area contributed by atoms with Gasteiger partial charge in [-0.2, -0.15) is 4.91 Å². The van der Waals surface area contributed by atoms with E-state index in [4.69, 9.17) is 5.11 Å². The van der Waals surface area contributed by atoms with Gasteiger partial charge in [0.15, 0.2) is 0 Å². The molecule has 3 heteroatoms. The van der Waals surface area contributed by atoms with Crippen LogP contribution < -0.4 is 0 Å². The molecule has 0 aromatic rings. The van der Waals surface area contributed by atoms with Crippen LogP contribution >= 0.6 is 0 Å². The van der Waals surface area contributed by atoms with E-state index in [1.165, 1.54) is 0 Å². The van der Waals surface area contributed by atoms with Gasteiger partial charge in [-0.25, -0.2) is 0 Å². The molecule has 0 fully saturated rings. The molecule has 0 saturated heterocycles. The summed E-state index contributed by atoms with van der Waals surface area (Å²) in [5.41, 5.74) is -0.825. The van der Waals surface area contributed by atoms with Crippen LogP contribution in [0.3, 0.4) is 0 Å². The van der Waals surface area contributed by atoms with Crippen molar-refractivity contribution in [1.82, 2.24) is 0 Å². The zero-order valence-corrected chi connectivity index (χ0v) is 6.09.